The third-order valence-electron chi connectivity index (χ3n) is 4.30. The molecule has 0 atom stereocenters. The summed E-state index contributed by atoms with van der Waals surface area (Å²) in [6.07, 6.45) is 2.35. The third kappa shape index (κ3) is 4.26. The molecule has 23 heavy (non-hydrogen) atoms. The molecule has 3 nitrogen and oxygen atoms in total. The standard InChI is InChI=1S/C20H26N2O/c1-2-23-19-9-5-7-17(15-19)16-21-12-6-13-22-14-11-18-8-3-4-10-20(18)22/h3-5,7-10,15,21H,2,6,11-14,16H2,1H3. The van der Waals surface area contributed by atoms with Gasteiger partial charge in [0.15, 0.2) is 0 Å². The predicted molar refractivity (Wildman–Crippen MR) is 96.3 cm³/mol. The fraction of sp³-hybridized carbons (Fsp3) is 0.400. The molecule has 1 N–H and O–H groups in total. The second kappa shape index (κ2) is 8.02. The highest BCUT2D eigenvalue weighted by molar-refractivity contribution is 5.57. The molecule has 0 amide bonds. The summed E-state index contributed by atoms with van der Waals surface area (Å²) in [7, 11) is 0. The summed E-state index contributed by atoms with van der Waals surface area (Å²) in [6.45, 7) is 6.96. The number of rotatable bonds is 8. The Morgan fingerprint density at radius 3 is 2.96 bits per heavy atom. The van der Waals surface area contributed by atoms with Crippen LogP contribution >= 0.6 is 0 Å². The van der Waals surface area contributed by atoms with E-state index in [1.807, 2.05) is 13.0 Å². The topological polar surface area (TPSA) is 24.5 Å². The van der Waals surface area contributed by atoms with Crippen LogP contribution < -0.4 is 15.0 Å². The molecule has 2 aromatic carbocycles. The molecule has 0 radical (unpaired) electrons. The summed E-state index contributed by atoms with van der Waals surface area (Å²) in [5, 5.41) is 3.54. The molecule has 0 unspecified atom stereocenters. The van der Waals surface area contributed by atoms with Gasteiger partial charge in [0.25, 0.3) is 0 Å². The molecule has 0 spiro atoms. The molecule has 0 saturated carbocycles. The fourth-order valence-electron chi connectivity index (χ4n) is 3.18. The second-order valence-corrected chi connectivity index (χ2v) is 5.98. The highest BCUT2D eigenvalue weighted by Gasteiger charge is 2.17. The van der Waals surface area contributed by atoms with E-state index in [1.54, 1.807) is 0 Å². The Hall–Kier alpha value is -2.00. The molecular weight excluding hydrogens is 284 g/mol. The molecule has 0 fully saturated rings. The summed E-state index contributed by atoms with van der Waals surface area (Å²) in [4.78, 5) is 2.51. The number of para-hydroxylation sites is 1. The first-order valence-electron chi connectivity index (χ1n) is 8.62. The van der Waals surface area contributed by atoms with Crippen LogP contribution in [-0.4, -0.2) is 26.2 Å². The van der Waals surface area contributed by atoms with Gasteiger partial charge in [-0.15, -0.1) is 0 Å². The number of ether oxygens (including phenoxy) is 1. The molecule has 0 aliphatic carbocycles. The smallest absolute Gasteiger partial charge is 0.119 e. The van der Waals surface area contributed by atoms with Crippen molar-refractivity contribution in [2.75, 3.05) is 31.1 Å². The van der Waals surface area contributed by atoms with Crippen molar-refractivity contribution in [1.29, 1.82) is 0 Å². The summed E-state index contributed by atoms with van der Waals surface area (Å²) < 4.78 is 5.54. The largest absolute Gasteiger partial charge is 0.494 e. The van der Waals surface area contributed by atoms with Gasteiger partial charge in [-0.25, -0.2) is 0 Å². The normalized spacial score (nSPS) is 13.2. The van der Waals surface area contributed by atoms with Gasteiger partial charge >= 0.3 is 0 Å². The lowest BCUT2D eigenvalue weighted by molar-refractivity contribution is 0.340. The quantitative estimate of drug-likeness (QED) is 0.754. The lowest BCUT2D eigenvalue weighted by Gasteiger charge is -2.19. The van der Waals surface area contributed by atoms with Crippen LogP contribution in [0, 0.1) is 0 Å². The molecule has 0 bridgehead atoms. The first-order chi connectivity index (χ1) is 11.4. The fourth-order valence-corrected chi connectivity index (χ4v) is 3.18. The van der Waals surface area contributed by atoms with Crippen molar-refractivity contribution < 1.29 is 4.74 Å². The van der Waals surface area contributed by atoms with Gasteiger partial charge < -0.3 is 15.0 Å². The maximum absolute atomic E-state index is 5.54. The van der Waals surface area contributed by atoms with Crippen LogP contribution in [0.1, 0.15) is 24.5 Å². The van der Waals surface area contributed by atoms with Gasteiger partial charge in [-0.1, -0.05) is 30.3 Å². The van der Waals surface area contributed by atoms with Crippen molar-refractivity contribution in [2.45, 2.75) is 26.3 Å². The van der Waals surface area contributed by atoms with Crippen molar-refractivity contribution in [3.05, 3.63) is 59.7 Å². The van der Waals surface area contributed by atoms with E-state index in [0.29, 0.717) is 6.61 Å². The Bertz CT molecular complexity index is 627. The van der Waals surface area contributed by atoms with Gasteiger partial charge in [0, 0.05) is 25.3 Å². The highest BCUT2D eigenvalue weighted by Crippen LogP contribution is 2.27. The molecule has 1 aliphatic rings. The van der Waals surface area contributed by atoms with Crippen LogP contribution in [0.25, 0.3) is 0 Å². The number of nitrogens with one attached hydrogen (secondary N) is 1. The molecule has 3 heteroatoms. The van der Waals surface area contributed by atoms with E-state index >= 15 is 0 Å². The van der Waals surface area contributed by atoms with Gasteiger partial charge in [-0.2, -0.15) is 0 Å². The molecular formula is C20H26N2O. The molecule has 0 saturated heterocycles. The zero-order chi connectivity index (χ0) is 15.9. The van der Waals surface area contributed by atoms with Gasteiger partial charge in [0.2, 0.25) is 0 Å². The zero-order valence-electron chi connectivity index (χ0n) is 13.9. The molecule has 1 aliphatic heterocycles. The average molecular weight is 310 g/mol. The van der Waals surface area contributed by atoms with Crippen molar-refractivity contribution >= 4 is 5.69 Å². The lowest BCUT2D eigenvalue weighted by atomic mass is 10.2. The third-order valence-corrected chi connectivity index (χ3v) is 4.30. The summed E-state index contributed by atoms with van der Waals surface area (Å²) in [6, 6.07) is 17.1. The van der Waals surface area contributed by atoms with Gasteiger partial charge in [0.1, 0.15) is 5.75 Å². The minimum Gasteiger partial charge on any atom is -0.494 e. The Labute approximate surface area is 139 Å². The second-order valence-electron chi connectivity index (χ2n) is 5.98. The molecule has 1 heterocycles. The van der Waals surface area contributed by atoms with Crippen molar-refractivity contribution in [1.82, 2.24) is 5.32 Å². The van der Waals surface area contributed by atoms with E-state index in [2.05, 4.69) is 52.7 Å². The van der Waals surface area contributed by atoms with E-state index in [4.69, 9.17) is 4.74 Å². The minimum absolute atomic E-state index is 0.716. The van der Waals surface area contributed by atoms with E-state index in [9.17, 15) is 0 Å². The number of nitrogens with zero attached hydrogens (tertiary/aromatic N) is 1. The van der Waals surface area contributed by atoms with E-state index in [0.717, 1.165) is 31.9 Å². The summed E-state index contributed by atoms with van der Waals surface area (Å²) in [5.74, 6) is 0.959. The average Bonchev–Trinajstić information content (AvgIpc) is 2.99. The van der Waals surface area contributed by atoms with Gasteiger partial charge in [0.05, 0.1) is 6.61 Å². The number of hydrogen-bond donors (Lipinski definition) is 1. The van der Waals surface area contributed by atoms with Gasteiger partial charge in [-0.3, -0.25) is 0 Å². The number of hydrogen-bond acceptors (Lipinski definition) is 3. The Morgan fingerprint density at radius 1 is 1.13 bits per heavy atom. The van der Waals surface area contributed by atoms with Crippen LogP contribution in [-0.2, 0) is 13.0 Å². The van der Waals surface area contributed by atoms with Crippen molar-refractivity contribution in [2.24, 2.45) is 0 Å². The Balaban J connectivity index is 1.39. The molecule has 0 aromatic heterocycles. The SMILES string of the molecule is CCOc1cccc(CNCCCN2CCc3ccccc32)c1. The monoisotopic (exact) mass is 310 g/mol. The summed E-state index contributed by atoms with van der Waals surface area (Å²) >= 11 is 0. The first kappa shape index (κ1) is 15.9. The summed E-state index contributed by atoms with van der Waals surface area (Å²) in [5.41, 5.74) is 4.20. The highest BCUT2D eigenvalue weighted by atomic mass is 16.5. The minimum atomic E-state index is 0.716. The predicted octanol–water partition coefficient (Wildman–Crippen LogP) is 3.63. The number of benzene rings is 2. The van der Waals surface area contributed by atoms with E-state index < -0.39 is 0 Å². The van der Waals surface area contributed by atoms with Crippen LogP contribution in [0.3, 0.4) is 0 Å². The number of fused-ring (bicyclic) bond motifs is 1. The molecule has 2 aromatic rings. The van der Waals surface area contributed by atoms with E-state index in [-0.39, 0.29) is 0 Å². The van der Waals surface area contributed by atoms with Crippen molar-refractivity contribution in [3.63, 3.8) is 0 Å². The van der Waals surface area contributed by atoms with Crippen molar-refractivity contribution in [3.8, 4) is 5.75 Å². The molecule has 3 rings (SSSR count). The van der Waals surface area contributed by atoms with Crippen LogP contribution in [0.2, 0.25) is 0 Å². The lowest BCUT2D eigenvalue weighted by Crippen LogP contribution is -2.25. The first-order valence-corrected chi connectivity index (χ1v) is 8.62. The van der Waals surface area contributed by atoms with Crippen LogP contribution in [0.4, 0.5) is 5.69 Å². The van der Waals surface area contributed by atoms with Crippen LogP contribution in [0.15, 0.2) is 48.5 Å². The molecule has 122 valence electrons. The Kier molecular flexibility index (Phi) is 5.54. The van der Waals surface area contributed by atoms with Crippen LogP contribution in [0.5, 0.6) is 5.75 Å². The maximum atomic E-state index is 5.54. The van der Waals surface area contributed by atoms with E-state index in [1.165, 1.54) is 29.7 Å². The maximum Gasteiger partial charge on any atom is 0.119 e. The Morgan fingerprint density at radius 2 is 2.04 bits per heavy atom. The number of anilines is 1. The zero-order valence-corrected chi connectivity index (χ0v) is 13.9. The van der Waals surface area contributed by atoms with Gasteiger partial charge in [-0.05, 0) is 55.6 Å².